The van der Waals surface area contributed by atoms with E-state index in [-0.39, 0.29) is 41.4 Å². The summed E-state index contributed by atoms with van der Waals surface area (Å²) >= 11 is 0. The minimum absolute atomic E-state index is 0. The number of hydrogen-bond acceptors (Lipinski definition) is 3. The van der Waals surface area contributed by atoms with E-state index in [1.54, 1.807) is 6.07 Å². The highest BCUT2D eigenvalue weighted by Gasteiger charge is 2.32. The first-order valence-corrected chi connectivity index (χ1v) is 5.92. The summed E-state index contributed by atoms with van der Waals surface area (Å²) in [4.78, 5) is 3.92. The first-order chi connectivity index (χ1) is 9.42. The summed E-state index contributed by atoms with van der Waals surface area (Å²) in [6.45, 7) is 3.11. The van der Waals surface area contributed by atoms with Crippen molar-refractivity contribution in [3.05, 3.63) is 24.3 Å². The van der Waals surface area contributed by atoms with Crippen molar-refractivity contribution in [2.75, 3.05) is 25.1 Å². The molecule has 0 aliphatic heterocycles. The van der Waals surface area contributed by atoms with Gasteiger partial charge in [-0.05, 0) is 19.1 Å². The predicted octanol–water partition coefficient (Wildman–Crippen LogP) is 2.97. The smallest absolute Gasteiger partial charge is 0.404 e. The summed E-state index contributed by atoms with van der Waals surface area (Å²) in [7, 11) is 0. The van der Waals surface area contributed by atoms with E-state index < -0.39 is 6.36 Å². The fraction of sp³-hybridized carbons (Fsp3) is 0.417. The van der Waals surface area contributed by atoms with Crippen LogP contribution in [0.2, 0.25) is 0 Å². The number of nitrogens with two attached hydrogens (primary N) is 1. The van der Waals surface area contributed by atoms with Crippen LogP contribution < -0.4 is 15.8 Å². The quantitative estimate of drug-likeness (QED) is 0.322. The highest BCUT2D eigenvalue weighted by atomic mass is 127. The Balaban J connectivity index is 0.00000400. The van der Waals surface area contributed by atoms with E-state index in [2.05, 4.69) is 15.0 Å². The van der Waals surface area contributed by atoms with Crippen LogP contribution in [0.5, 0.6) is 5.75 Å². The number of anilines is 1. The number of hydrogen-bond donors (Lipinski definition) is 2. The molecule has 0 fully saturated rings. The van der Waals surface area contributed by atoms with Crippen LogP contribution in [-0.2, 0) is 4.74 Å². The molecule has 0 unspecified atom stereocenters. The Kier molecular flexibility index (Phi) is 9.09. The van der Waals surface area contributed by atoms with Crippen LogP contribution in [0, 0.1) is 0 Å². The number of nitrogens with zero attached hydrogens (tertiary/aromatic N) is 1. The van der Waals surface area contributed by atoms with E-state index in [1.807, 2.05) is 6.92 Å². The van der Waals surface area contributed by atoms with Crippen molar-refractivity contribution in [3.8, 4) is 5.75 Å². The van der Waals surface area contributed by atoms with Crippen molar-refractivity contribution in [1.29, 1.82) is 0 Å². The lowest BCUT2D eigenvalue weighted by Crippen LogP contribution is -2.25. The molecule has 0 aromatic heterocycles. The zero-order valence-corrected chi connectivity index (χ0v) is 13.6. The third kappa shape index (κ3) is 8.60. The van der Waals surface area contributed by atoms with Crippen molar-refractivity contribution < 1.29 is 22.6 Å². The molecule has 0 aliphatic rings. The van der Waals surface area contributed by atoms with Gasteiger partial charge in [-0.3, -0.25) is 4.99 Å². The van der Waals surface area contributed by atoms with Crippen molar-refractivity contribution in [2.24, 2.45) is 10.7 Å². The molecule has 0 spiro atoms. The Morgan fingerprint density at radius 3 is 2.62 bits per heavy atom. The molecule has 5 nitrogen and oxygen atoms in total. The molecule has 1 rings (SSSR count). The molecule has 0 atom stereocenters. The van der Waals surface area contributed by atoms with Crippen LogP contribution in [0.15, 0.2) is 29.3 Å². The molecule has 120 valence electrons. The van der Waals surface area contributed by atoms with Gasteiger partial charge >= 0.3 is 6.36 Å². The molecule has 9 heteroatoms. The highest BCUT2D eigenvalue weighted by Crippen LogP contribution is 2.29. The van der Waals surface area contributed by atoms with Gasteiger partial charge in [-0.1, -0.05) is 12.1 Å². The maximum atomic E-state index is 12.2. The largest absolute Gasteiger partial charge is 0.573 e. The maximum absolute atomic E-state index is 12.2. The van der Waals surface area contributed by atoms with Crippen molar-refractivity contribution in [1.82, 2.24) is 0 Å². The maximum Gasteiger partial charge on any atom is 0.573 e. The van der Waals surface area contributed by atoms with Crippen molar-refractivity contribution >= 4 is 35.6 Å². The minimum atomic E-state index is -4.77. The number of nitrogens with one attached hydrogen (secondary N) is 1. The van der Waals surface area contributed by atoms with Gasteiger partial charge < -0.3 is 20.5 Å². The molecule has 0 amide bonds. The second kappa shape index (κ2) is 9.66. The lowest BCUT2D eigenvalue weighted by atomic mass is 10.3. The van der Waals surface area contributed by atoms with Gasteiger partial charge in [-0.15, -0.1) is 37.1 Å². The molecular formula is C12H17F3IN3O2. The summed E-state index contributed by atoms with van der Waals surface area (Å²) in [6.07, 6.45) is -4.77. The minimum Gasteiger partial charge on any atom is -0.404 e. The number of halogens is 4. The number of benzene rings is 1. The van der Waals surface area contributed by atoms with Crippen LogP contribution in [-0.4, -0.2) is 32.1 Å². The third-order valence-corrected chi connectivity index (χ3v) is 2.10. The van der Waals surface area contributed by atoms with Gasteiger partial charge in [0.1, 0.15) is 0 Å². The van der Waals surface area contributed by atoms with Gasteiger partial charge in [-0.2, -0.15) is 0 Å². The van der Waals surface area contributed by atoms with E-state index in [9.17, 15) is 13.2 Å². The molecule has 0 bridgehead atoms. The van der Waals surface area contributed by atoms with E-state index in [1.165, 1.54) is 18.2 Å². The normalized spacial score (nSPS) is 11.7. The summed E-state index contributed by atoms with van der Waals surface area (Å²) < 4.78 is 45.6. The Bertz CT molecular complexity index is 456. The summed E-state index contributed by atoms with van der Waals surface area (Å²) in [5.41, 5.74) is 5.65. The van der Waals surface area contributed by atoms with Crippen LogP contribution in [0.3, 0.4) is 0 Å². The molecule has 0 aliphatic carbocycles. The molecule has 0 heterocycles. The molecule has 3 N–H and O–H groups in total. The number of alkyl halides is 3. The van der Waals surface area contributed by atoms with Crippen LogP contribution in [0.4, 0.5) is 18.9 Å². The summed E-state index contributed by atoms with van der Waals surface area (Å²) in [5.74, 6) is -0.383. The van der Waals surface area contributed by atoms with Crippen molar-refractivity contribution in [3.63, 3.8) is 0 Å². The topological polar surface area (TPSA) is 68.9 Å². The molecular weight excluding hydrogens is 402 g/mol. The van der Waals surface area contributed by atoms with Crippen LogP contribution in [0.25, 0.3) is 0 Å². The Morgan fingerprint density at radius 1 is 1.33 bits per heavy atom. The standard InChI is InChI=1S/C12H16F3N3O2.HI/c1-2-19-8-7-17-11(16)18-9-5-3-4-6-10(9)20-12(13,14)15;/h3-6H,2,7-8H2,1H3,(H3,16,17,18);1H. The second-order valence-corrected chi connectivity index (χ2v) is 3.63. The van der Waals surface area contributed by atoms with E-state index in [4.69, 9.17) is 10.5 Å². The lowest BCUT2D eigenvalue weighted by molar-refractivity contribution is -0.274. The molecule has 21 heavy (non-hydrogen) atoms. The number of guanidine groups is 1. The molecule has 0 saturated carbocycles. The monoisotopic (exact) mass is 419 g/mol. The molecule has 0 saturated heterocycles. The predicted molar refractivity (Wildman–Crippen MR) is 85.1 cm³/mol. The van der Waals surface area contributed by atoms with Gasteiger partial charge in [0.2, 0.25) is 0 Å². The van der Waals surface area contributed by atoms with Gasteiger partial charge in [0.15, 0.2) is 11.7 Å². The summed E-state index contributed by atoms with van der Waals surface area (Å²) in [5, 5.41) is 2.56. The van der Waals surface area contributed by atoms with Gasteiger partial charge in [0.05, 0.1) is 18.8 Å². The average molecular weight is 419 g/mol. The van der Waals surface area contributed by atoms with E-state index in [0.29, 0.717) is 19.8 Å². The summed E-state index contributed by atoms with van der Waals surface area (Å²) in [6, 6.07) is 5.57. The molecule has 0 radical (unpaired) electrons. The van der Waals surface area contributed by atoms with Gasteiger partial charge in [-0.25, -0.2) is 0 Å². The van der Waals surface area contributed by atoms with Crippen LogP contribution in [0.1, 0.15) is 6.92 Å². The van der Waals surface area contributed by atoms with Crippen LogP contribution >= 0.6 is 24.0 Å². The van der Waals surface area contributed by atoms with E-state index >= 15 is 0 Å². The molecule has 1 aromatic carbocycles. The number of para-hydroxylation sites is 2. The van der Waals surface area contributed by atoms with E-state index in [0.717, 1.165) is 0 Å². The Labute approximate surface area is 137 Å². The second-order valence-electron chi connectivity index (χ2n) is 3.63. The number of ether oxygens (including phenoxy) is 2. The first-order valence-electron chi connectivity index (χ1n) is 5.92. The Morgan fingerprint density at radius 2 is 2.00 bits per heavy atom. The lowest BCUT2D eigenvalue weighted by Gasteiger charge is -2.14. The fourth-order valence-corrected chi connectivity index (χ4v) is 1.34. The van der Waals surface area contributed by atoms with Crippen molar-refractivity contribution in [2.45, 2.75) is 13.3 Å². The fourth-order valence-electron chi connectivity index (χ4n) is 1.34. The zero-order valence-electron chi connectivity index (χ0n) is 11.3. The third-order valence-electron chi connectivity index (χ3n) is 2.10. The molecule has 1 aromatic rings. The Hall–Kier alpha value is -1.23. The first kappa shape index (κ1) is 19.8. The SMILES string of the molecule is CCOCCN=C(N)Nc1ccccc1OC(F)(F)F.I. The number of aliphatic imine (C=N–C) groups is 1. The van der Waals surface area contributed by atoms with Gasteiger partial charge in [0, 0.05) is 6.61 Å². The average Bonchev–Trinajstić information content (AvgIpc) is 2.35. The van der Waals surface area contributed by atoms with Gasteiger partial charge in [0.25, 0.3) is 0 Å². The highest BCUT2D eigenvalue weighted by molar-refractivity contribution is 14.0. The number of rotatable bonds is 6. The zero-order chi connectivity index (χ0) is 15.0.